The molecule has 0 atom stereocenters. The van der Waals surface area contributed by atoms with Gasteiger partial charge in [-0.3, -0.25) is 10.1 Å². The van der Waals surface area contributed by atoms with Crippen molar-refractivity contribution in [2.75, 3.05) is 5.32 Å². The molecule has 21 heavy (non-hydrogen) atoms. The van der Waals surface area contributed by atoms with E-state index in [2.05, 4.69) is 60.8 Å². The monoisotopic (exact) mass is 543 g/mol. The average Bonchev–Trinajstić information content (AvgIpc) is 2.44. The Bertz CT molecular complexity index is 694. The normalized spacial score (nSPS) is 10.0. The second kappa shape index (κ2) is 7.65. The van der Waals surface area contributed by atoms with Crippen molar-refractivity contribution in [2.45, 2.75) is 0 Å². The second-order valence-electron chi connectivity index (χ2n) is 3.89. The number of benzene rings is 1. The third kappa shape index (κ3) is 5.01. The zero-order chi connectivity index (χ0) is 15.4. The number of hydrogen-bond donors (Lipinski definition) is 2. The van der Waals surface area contributed by atoms with Crippen LogP contribution in [0, 0.1) is 7.14 Å². The molecule has 1 aromatic carbocycles. The van der Waals surface area contributed by atoms with Crippen molar-refractivity contribution in [3.05, 3.63) is 54.3 Å². The summed E-state index contributed by atoms with van der Waals surface area (Å²) in [6, 6.07) is 8.86. The molecule has 0 aliphatic heterocycles. The number of nitrogens with zero attached hydrogens (tertiary/aromatic N) is 1. The zero-order valence-corrected chi connectivity index (χ0v) is 16.2. The van der Waals surface area contributed by atoms with Gasteiger partial charge in [-0.2, -0.15) is 0 Å². The molecule has 0 bridgehead atoms. The third-order valence-electron chi connectivity index (χ3n) is 2.37. The summed E-state index contributed by atoms with van der Waals surface area (Å²) < 4.78 is 1.93. The Morgan fingerprint density at radius 3 is 2.57 bits per heavy atom. The Labute approximate surface area is 159 Å². The molecular formula is C13H8ClI2N3OS. The van der Waals surface area contributed by atoms with Gasteiger partial charge in [0.25, 0.3) is 5.91 Å². The number of rotatable bonds is 2. The third-order valence-corrected chi connectivity index (χ3v) is 4.21. The summed E-state index contributed by atoms with van der Waals surface area (Å²) in [7, 11) is 0. The van der Waals surface area contributed by atoms with E-state index in [1.165, 1.54) is 0 Å². The van der Waals surface area contributed by atoms with E-state index in [1.54, 1.807) is 24.4 Å². The number of aromatic nitrogens is 1. The number of carbonyl (C=O) groups is 1. The lowest BCUT2D eigenvalue weighted by molar-refractivity contribution is 0.0978. The number of pyridine rings is 1. The van der Waals surface area contributed by atoms with Crippen LogP contribution in [0.1, 0.15) is 10.4 Å². The Hall–Kier alpha value is -0.520. The molecule has 1 amide bonds. The van der Waals surface area contributed by atoms with Crippen molar-refractivity contribution in [3.8, 4) is 0 Å². The molecule has 108 valence electrons. The molecule has 0 aliphatic carbocycles. The quantitative estimate of drug-likeness (QED) is 0.443. The lowest BCUT2D eigenvalue weighted by atomic mass is 10.2. The van der Waals surface area contributed by atoms with Gasteiger partial charge in [0.05, 0.1) is 10.6 Å². The van der Waals surface area contributed by atoms with Gasteiger partial charge in [0, 0.05) is 13.3 Å². The largest absolute Gasteiger partial charge is 0.317 e. The first-order valence-corrected chi connectivity index (χ1v) is 8.59. The Balaban J connectivity index is 2.03. The van der Waals surface area contributed by atoms with Crippen LogP contribution in [0.2, 0.25) is 5.02 Å². The highest BCUT2D eigenvalue weighted by atomic mass is 127. The maximum absolute atomic E-state index is 12.1. The van der Waals surface area contributed by atoms with E-state index in [0.717, 1.165) is 7.14 Å². The van der Waals surface area contributed by atoms with Crippen molar-refractivity contribution >= 4 is 85.8 Å². The number of hydrogen-bond acceptors (Lipinski definition) is 3. The molecule has 0 unspecified atom stereocenters. The number of halogens is 3. The fourth-order valence-electron chi connectivity index (χ4n) is 1.44. The van der Waals surface area contributed by atoms with Crippen LogP contribution >= 0.6 is 69.0 Å². The van der Waals surface area contributed by atoms with E-state index in [-0.39, 0.29) is 11.0 Å². The van der Waals surface area contributed by atoms with Crippen molar-refractivity contribution < 1.29 is 4.79 Å². The maximum Gasteiger partial charge on any atom is 0.258 e. The summed E-state index contributed by atoms with van der Waals surface area (Å²) in [6.07, 6.45) is 1.70. The van der Waals surface area contributed by atoms with Gasteiger partial charge in [0.2, 0.25) is 0 Å². The van der Waals surface area contributed by atoms with Gasteiger partial charge >= 0.3 is 0 Å². The highest BCUT2D eigenvalue weighted by Crippen LogP contribution is 2.18. The molecule has 0 saturated carbocycles. The number of carbonyl (C=O) groups excluding carboxylic acids is 1. The second-order valence-corrected chi connectivity index (χ2v) is 7.20. The minimum Gasteiger partial charge on any atom is -0.317 e. The van der Waals surface area contributed by atoms with Crippen LogP contribution in [0.15, 0.2) is 36.5 Å². The minimum absolute atomic E-state index is 0.170. The van der Waals surface area contributed by atoms with Gasteiger partial charge in [0.1, 0.15) is 5.82 Å². The van der Waals surface area contributed by atoms with E-state index in [4.69, 9.17) is 23.8 Å². The first-order chi connectivity index (χ1) is 9.95. The molecule has 2 aromatic rings. The Morgan fingerprint density at radius 2 is 1.90 bits per heavy atom. The number of thiocarbonyl (C=S) groups is 1. The average molecular weight is 544 g/mol. The van der Waals surface area contributed by atoms with Crippen LogP contribution < -0.4 is 10.6 Å². The lowest BCUT2D eigenvalue weighted by Gasteiger charge is -2.10. The number of anilines is 1. The van der Waals surface area contributed by atoms with Crippen LogP contribution in [0.4, 0.5) is 5.82 Å². The van der Waals surface area contributed by atoms with Crippen molar-refractivity contribution in [1.29, 1.82) is 0 Å². The fourth-order valence-corrected chi connectivity index (χ4v) is 2.65. The summed E-state index contributed by atoms with van der Waals surface area (Å²) in [5, 5.41) is 5.97. The van der Waals surface area contributed by atoms with E-state index in [0.29, 0.717) is 16.4 Å². The molecule has 2 N–H and O–H groups in total. The predicted octanol–water partition coefficient (Wildman–Crippen LogP) is 4.07. The summed E-state index contributed by atoms with van der Waals surface area (Å²) in [4.78, 5) is 16.3. The molecule has 8 heteroatoms. The molecular weight excluding hydrogens is 535 g/mol. The van der Waals surface area contributed by atoms with Crippen LogP contribution in [0.3, 0.4) is 0 Å². The predicted molar refractivity (Wildman–Crippen MR) is 105 cm³/mol. The standard InChI is InChI=1S/C13H8ClI2N3OS/c14-10-3-1-7(15)5-9(10)12(20)19-13(21)18-11-4-2-8(16)6-17-11/h1-6H,(H2,17,18,19,20,21). The summed E-state index contributed by atoms with van der Waals surface area (Å²) in [5.41, 5.74) is 0.378. The Morgan fingerprint density at radius 1 is 1.19 bits per heavy atom. The van der Waals surface area contributed by atoms with E-state index >= 15 is 0 Å². The fraction of sp³-hybridized carbons (Fsp3) is 0. The van der Waals surface area contributed by atoms with Crippen LogP contribution in [-0.2, 0) is 0 Å². The zero-order valence-electron chi connectivity index (χ0n) is 10.4. The van der Waals surface area contributed by atoms with Gasteiger partial charge in [-0.1, -0.05) is 11.6 Å². The molecule has 4 nitrogen and oxygen atoms in total. The van der Waals surface area contributed by atoms with E-state index in [9.17, 15) is 4.79 Å². The molecule has 0 radical (unpaired) electrons. The summed E-state index contributed by atoms with van der Waals surface area (Å²) in [6.45, 7) is 0. The first-order valence-electron chi connectivity index (χ1n) is 5.64. The van der Waals surface area contributed by atoms with Crippen molar-refractivity contribution in [1.82, 2.24) is 10.3 Å². The maximum atomic E-state index is 12.1. The Kier molecular flexibility index (Phi) is 6.14. The first kappa shape index (κ1) is 16.8. The van der Waals surface area contributed by atoms with Crippen LogP contribution in [-0.4, -0.2) is 16.0 Å². The highest BCUT2D eigenvalue weighted by molar-refractivity contribution is 14.1. The molecule has 1 aromatic heterocycles. The topological polar surface area (TPSA) is 54.0 Å². The minimum atomic E-state index is -0.360. The highest BCUT2D eigenvalue weighted by Gasteiger charge is 2.12. The number of nitrogens with one attached hydrogen (secondary N) is 2. The van der Waals surface area contributed by atoms with Crippen LogP contribution in [0.5, 0.6) is 0 Å². The van der Waals surface area contributed by atoms with Crippen LogP contribution in [0.25, 0.3) is 0 Å². The van der Waals surface area contributed by atoms with Crippen molar-refractivity contribution in [3.63, 3.8) is 0 Å². The molecule has 0 aliphatic rings. The summed E-state index contributed by atoms with van der Waals surface area (Å²) >= 11 is 15.4. The van der Waals surface area contributed by atoms with Gasteiger partial charge in [-0.15, -0.1) is 0 Å². The lowest BCUT2D eigenvalue weighted by Crippen LogP contribution is -2.34. The SMILES string of the molecule is O=C(NC(=S)Nc1ccc(I)cn1)c1cc(I)ccc1Cl. The molecule has 0 spiro atoms. The number of amides is 1. The molecule has 1 heterocycles. The van der Waals surface area contributed by atoms with E-state index < -0.39 is 0 Å². The molecule has 0 fully saturated rings. The van der Waals surface area contributed by atoms with Gasteiger partial charge in [0.15, 0.2) is 5.11 Å². The van der Waals surface area contributed by atoms with Gasteiger partial charge in [-0.25, -0.2) is 4.98 Å². The van der Waals surface area contributed by atoms with Gasteiger partial charge in [-0.05, 0) is 87.7 Å². The van der Waals surface area contributed by atoms with E-state index in [1.807, 2.05) is 12.1 Å². The van der Waals surface area contributed by atoms with Crippen molar-refractivity contribution in [2.24, 2.45) is 0 Å². The van der Waals surface area contributed by atoms with Gasteiger partial charge < -0.3 is 5.32 Å². The molecule has 2 rings (SSSR count). The molecule has 0 saturated heterocycles. The summed E-state index contributed by atoms with van der Waals surface area (Å²) in [5.74, 6) is 0.205. The smallest absolute Gasteiger partial charge is 0.258 e.